The van der Waals surface area contributed by atoms with E-state index in [0.29, 0.717) is 44.9 Å². The number of nitrogens with zero attached hydrogens (tertiary/aromatic N) is 2. The summed E-state index contributed by atoms with van der Waals surface area (Å²) < 4.78 is 25.3. The molecule has 0 saturated heterocycles. The zero-order valence-corrected chi connectivity index (χ0v) is 12.6. The van der Waals surface area contributed by atoms with E-state index in [9.17, 15) is 9.18 Å². The number of aromatic nitrogens is 1. The Hall–Kier alpha value is -1.43. The molecule has 1 aromatic heterocycles. The Kier molecular flexibility index (Phi) is 3.44. The van der Waals surface area contributed by atoms with E-state index in [1.165, 1.54) is 12.8 Å². The summed E-state index contributed by atoms with van der Waals surface area (Å²) in [5, 5.41) is 4.07. The van der Waals surface area contributed by atoms with Crippen molar-refractivity contribution in [3.8, 4) is 0 Å². The topological polar surface area (TPSA) is 55.6 Å². The van der Waals surface area contributed by atoms with Gasteiger partial charge in [-0.15, -0.1) is 0 Å². The lowest BCUT2D eigenvalue weighted by Crippen LogP contribution is -2.51. The Morgan fingerprint density at radius 3 is 2.95 bits per heavy atom. The van der Waals surface area contributed by atoms with Crippen LogP contribution in [0.5, 0.6) is 0 Å². The number of hydrogen-bond donors (Lipinski definition) is 0. The molecular formula is C16H21FN2O3. The molecule has 2 saturated carbocycles. The van der Waals surface area contributed by atoms with Gasteiger partial charge < -0.3 is 14.2 Å². The molecule has 3 aliphatic rings. The summed E-state index contributed by atoms with van der Waals surface area (Å²) in [4.78, 5) is 13.9. The maximum Gasteiger partial charge on any atom is 0.260 e. The van der Waals surface area contributed by atoms with Crippen molar-refractivity contribution in [1.29, 1.82) is 0 Å². The van der Waals surface area contributed by atoms with E-state index in [-0.39, 0.29) is 5.91 Å². The second-order valence-corrected chi connectivity index (χ2v) is 6.79. The Balaban J connectivity index is 1.42. The Labute approximate surface area is 128 Å². The van der Waals surface area contributed by atoms with Gasteiger partial charge in [-0.25, -0.2) is 4.39 Å². The van der Waals surface area contributed by atoms with Crippen LogP contribution in [0.1, 0.15) is 49.1 Å². The average Bonchev–Trinajstić information content (AvgIpc) is 3.24. The molecule has 0 radical (unpaired) electrons. The number of halogens is 1. The third-order valence-electron chi connectivity index (χ3n) is 5.01. The summed E-state index contributed by atoms with van der Waals surface area (Å²) in [5.74, 6) is 1.15. The van der Waals surface area contributed by atoms with Gasteiger partial charge in [-0.2, -0.15) is 0 Å². The Bertz CT molecular complexity index is 578. The minimum absolute atomic E-state index is 0.357. The van der Waals surface area contributed by atoms with Crippen molar-refractivity contribution < 1.29 is 18.4 Å². The number of fused-ring (bicyclic) bond motifs is 1. The SMILES string of the molecule is O=C(N1CCc2onc(COCC3CC3)c2C1)C1(F)CCC1. The van der Waals surface area contributed by atoms with Crippen LogP contribution in [0.2, 0.25) is 0 Å². The molecule has 2 fully saturated rings. The predicted octanol–water partition coefficient (Wildman–Crippen LogP) is 2.38. The lowest BCUT2D eigenvalue weighted by Gasteiger charge is -2.38. The largest absolute Gasteiger partial charge is 0.375 e. The number of hydrogen-bond acceptors (Lipinski definition) is 4. The van der Waals surface area contributed by atoms with E-state index in [1.807, 2.05) is 0 Å². The van der Waals surface area contributed by atoms with Crippen molar-refractivity contribution in [3.05, 3.63) is 17.0 Å². The third kappa shape index (κ3) is 2.53. The number of carbonyl (C=O) groups is 1. The molecule has 0 aromatic carbocycles. The average molecular weight is 308 g/mol. The Morgan fingerprint density at radius 1 is 1.45 bits per heavy atom. The molecule has 1 aliphatic heterocycles. The zero-order chi connectivity index (χ0) is 15.2. The van der Waals surface area contributed by atoms with Gasteiger partial charge in [-0.3, -0.25) is 4.79 Å². The first-order valence-electron chi connectivity index (χ1n) is 8.18. The van der Waals surface area contributed by atoms with Gasteiger partial charge in [0.2, 0.25) is 0 Å². The van der Waals surface area contributed by atoms with Crippen molar-refractivity contribution in [1.82, 2.24) is 10.1 Å². The van der Waals surface area contributed by atoms with Crippen LogP contribution < -0.4 is 0 Å². The Morgan fingerprint density at radius 2 is 2.27 bits per heavy atom. The molecule has 120 valence electrons. The fourth-order valence-corrected chi connectivity index (χ4v) is 3.14. The van der Waals surface area contributed by atoms with E-state index >= 15 is 0 Å². The van der Waals surface area contributed by atoms with Gasteiger partial charge in [0.25, 0.3) is 5.91 Å². The molecule has 1 amide bonds. The standard InChI is InChI=1S/C16H21FN2O3/c17-16(5-1-6-16)15(20)19-7-4-14-12(8-19)13(18-22-14)10-21-9-11-2-3-11/h11H,1-10H2. The van der Waals surface area contributed by atoms with Crippen LogP contribution in [0, 0.1) is 5.92 Å². The summed E-state index contributed by atoms with van der Waals surface area (Å²) in [6.07, 6.45) is 4.61. The molecule has 6 heteroatoms. The number of alkyl halides is 1. The summed E-state index contributed by atoms with van der Waals surface area (Å²) >= 11 is 0. The summed E-state index contributed by atoms with van der Waals surface area (Å²) in [5.41, 5.74) is 0.0464. The highest BCUT2D eigenvalue weighted by molar-refractivity contribution is 5.86. The van der Waals surface area contributed by atoms with Crippen LogP contribution in [-0.4, -0.2) is 34.8 Å². The van der Waals surface area contributed by atoms with Gasteiger partial charge in [0.05, 0.1) is 13.2 Å². The van der Waals surface area contributed by atoms with Crippen molar-refractivity contribution in [3.63, 3.8) is 0 Å². The number of amides is 1. The summed E-state index contributed by atoms with van der Waals surface area (Å²) in [6.45, 7) is 2.08. The van der Waals surface area contributed by atoms with Gasteiger partial charge in [0.1, 0.15) is 11.5 Å². The molecule has 4 rings (SSSR count). The quantitative estimate of drug-likeness (QED) is 0.838. The molecular weight excluding hydrogens is 287 g/mol. The minimum atomic E-state index is -1.63. The van der Waals surface area contributed by atoms with E-state index in [4.69, 9.17) is 9.26 Å². The van der Waals surface area contributed by atoms with E-state index in [1.54, 1.807) is 4.90 Å². The van der Waals surface area contributed by atoms with Crippen LogP contribution in [-0.2, 0) is 29.1 Å². The van der Waals surface area contributed by atoms with E-state index in [0.717, 1.165) is 30.0 Å². The first kappa shape index (κ1) is 14.2. The van der Waals surface area contributed by atoms with Crippen molar-refractivity contribution in [2.75, 3.05) is 13.2 Å². The smallest absolute Gasteiger partial charge is 0.260 e. The summed E-state index contributed by atoms with van der Waals surface area (Å²) in [6, 6.07) is 0. The van der Waals surface area contributed by atoms with Crippen molar-refractivity contribution in [2.24, 2.45) is 5.92 Å². The van der Waals surface area contributed by atoms with Crippen LogP contribution >= 0.6 is 0 Å². The monoisotopic (exact) mass is 308 g/mol. The molecule has 22 heavy (non-hydrogen) atoms. The third-order valence-corrected chi connectivity index (χ3v) is 5.01. The minimum Gasteiger partial charge on any atom is -0.375 e. The zero-order valence-electron chi connectivity index (χ0n) is 12.6. The second kappa shape index (κ2) is 5.33. The van der Waals surface area contributed by atoms with Gasteiger partial charge in [-0.1, -0.05) is 5.16 Å². The van der Waals surface area contributed by atoms with Gasteiger partial charge in [-0.05, 0) is 38.0 Å². The van der Waals surface area contributed by atoms with Crippen LogP contribution in [0.4, 0.5) is 4.39 Å². The highest BCUT2D eigenvalue weighted by atomic mass is 19.1. The normalized spacial score (nSPS) is 23.0. The molecule has 0 atom stereocenters. The molecule has 1 aromatic rings. The van der Waals surface area contributed by atoms with Crippen molar-refractivity contribution in [2.45, 2.75) is 57.3 Å². The molecule has 0 bridgehead atoms. The maximum atomic E-state index is 14.3. The number of carbonyl (C=O) groups excluding carboxylic acids is 1. The fraction of sp³-hybridized carbons (Fsp3) is 0.750. The first-order chi connectivity index (χ1) is 10.7. The highest BCUT2D eigenvalue weighted by Gasteiger charge is 2.47. The van der Waals surface area contributed by atoms with Crippen LogP contribution in [0.25, 0.3) is 0 Å². The molecule has 0 N–H and O–H groups in total. The van der Waals surface area contributed by atoms with Crippen LogP contribution in [0.3, 0.4) is 0 Å². The molecule has 2 aliphatic carbocycles. The number of rotatable bonds is 5. The van der Waals surface area contributed by atoms with Crippen molar-refractivity contribution >= 4 is 5.91 Å². The highest BCUT2D eigenvalue weighted by Crippen LogP contribution is 2.38. The van der Waals surface area contributed by atoms with Gasteiger partial charge in [0.15, 0.2) is 5.67 Å². The lowest BCUT2D eigenvalue weighted by atomic mass is 9.80. The van der Waals surface area contributed by atoms with Gasteiger partial charge >= 0.3 is 0 Å². The fourth-order valence-electron chi connectivity index (χ4n) is 3.14. The predicted molar refractivity (Wildman–Crippen MR) is 75.7 cm³/mol. The molecule has 0 spiro atoms. The number of ether oxygens (including phenoxy) is 1. The van der Waals surface area contributed by atoms with E-state index < -0.39 is 5.67 Å². The molecule has 5 nitrogen and oxygen atoms in total. The second-order valence-electron chi connectivity index (χ2n) is 6.79. The molecule has 2 heterocycles. The van der Waals surface area contributed by atoms with Gasteiger partial charge in [0, 0.05) is 25.1 Å². The maximum absolute atomic E-state index is 14.3. The summed E-state index contributed by atoms with van der Waals surface area (Å²) in [7, 11) is 0. The first-order valence-corrected chi connectivity index (χ1v) is 8.18. The molecule has 0 unspecified atom stereocenters. The van der Waals surface area contributed by atoms with E-state index in [2.05, 4.69) is 5.16 Å². The van der Waals surface area contributed by atoms with Crippen LogP contribution in [0.15, 0.2) is 4.52 Å². The lowest BCUT2D eigenvalue weighted by molar-refractivity contribution is -0.151.